The lowest BCUT2D eigenvalue weighted by Crippen LogP contribution is -2.69. The molecule has 1 aliphatic heterocycles. The minimum Gasteiger partial charge on any atom is -0.460 e. The normalized spacial score (nSPS) is 22.3. The summed E-state index contributed by atoms with van der Waals surface area (Å²) in [6.45, 7) is 9.07. The molecule has 10 heteroatoms. The van der Waals surface area contributed by atoms with Crippen LogP contribution >= 0.6 is 0 Å². The Balaban J connectivity index is 1.62. The maximum atomic E-state index is 12.7. The second-order valence-electron chi connectivity index (χ2n) is 11.7. The van der Waals surface area contributed by atoms with E-state index < -0.39 is 29.9 Å². The van der Waals surface area contributed by atoms with Crippen molar-refractivity contribution in [3.8, 4) is 16.9 Å². The average Bonchev–Trinajstić information content (AvgIpc) is 3.06. The molecule has 3 aromatic carbocycles. The maximum absolute atomic E-state index is 12.7. The van der Waals surface area contributed by atoms with Crippen LogP contribution in [0.1, 0.15) is 55.6 Å². The van der Waals surface area contributed by atoms with Crippen molar-refractivity contribution < 1.29 is 42.8 Å². The van der Waals surface area contributed by atoms with Crippen LogP contribution in [0.3, 0.4) is 0 Å². The molecule has 0 spiro atoms. The lowest BCUT2D eigenvalue weighted by atomic mass is 9.80. The lowest BCUT2D eigenvalue weighted by Gasteiger charge is -2.51. The molecular formula is C37H45NO9. The number of hydrogen-bond acceptors (Lipinski definition) is 9. The van der Waals surface area contributed by atoms with Gasteiger partial charge >= 0.3 is 11.9 Å². The smallest absolute Gasteiger partial charge is 0.303 e. The van der Waals surface area contributed by atoms with Gasteiger partial charge in [0.2, 0.25) is 11.9 Å². The number of ether oxygens (including phenoxy) is 6. The van der Waals surface area contributed by atoms with E-state index in [9.17, 15) is 14.4 Å². The zero-order valence-corrected chi connectivity index (χ0v) is 27.9. The summed E-state index contributed by atoms with van der Waals surface area (Å²) in [6.07, 6.45) is -1.87. The van der Waals surface area contributed by atoms with Gasteiger partial charge in [0.25, 0.3) is 5.91 Å². The first kappa shape index (κ1) is 35.6. The summed E-state index contributed by atoms with van der Waals surface area (Å²) in [5, 5.41) is 2.65. The van der Waals surface area contributed by atoms with Crippen molar-refractivity contribution in [2.45, 2.75) is 71.7 Å². The Morgan fingerprint density at radius 2 is 1.62 bits per heavy atom. The van der Waals surface area contributed by atoms with Gasteiger partial charge in [-0.15, -0.1) is 0 Å². The van der Waals surface area contributed by atoms with E-state index in [0.29, 0.717) is 24.3 Å². The molecule has 0 aromatic heterocycles. The molecule has 0 unspecified atom stereocenters. The van der Waals surface area contributed by atoms with Crippen molar-refractivity contribution in [3.05, 3.63) is 89.5 Å². The van der Waals surface area contributed by atoms with Crippen molar-refractivity contribution in [3.63, 3.8) is 0 Å². The van der Waals surface area contributed by atoms with E-state index in [0.717, 1.165) is 22.3 Å². The number of benzene rings is 3. The van der Waals surface area contributed by atoms with E-state index in [-0.39, 0.29) is 37.7 Å². The van der Waals surface area contributed by atoms with Crippen LogP contribution in [0, 0.1) is 12.8 Å². The molecule has 0 saturated carbocycles. The Labute approximate surface area is 276 Å². The van der Waals surface area contributed by atoms with Gasteiger partial charge in [-0.2, -0.15) is 0 Å². The van der Waals surface area contributed by atoms with Crippen LogP contribution in [0.15, 0.2) is 72.8 Å². The van der Waals surface area contributed by atoms with Gasteiger partial charge in [0.15, 0.2) is 6.10 Å². The number of amides is 1. The Bertz CT molecular complexity index is 1510. The topological polar surface area (TPSA) is 119 Å². The largest absolute Gasteiger partial charge is 0.460 e. The van der Waals surface area contributed by atoms with Gasteiger partial charge in [0, 0.05) is 32.4 Å². The number of hydrogen-bond donors (Lipinski definition) is 1. The molecule has 1 N–H and O–H groups in total. The molecule has 10 nitrogen and oxygen atoms in total. The van der Waals surface area contributed by atoms with E-state index in [1.807, 2.05) is 81.4 Å². The van der Waals surface area contributed by atoms with E-state index in [4.69, 9.17) is 28.4 Å². The zero-order chi connectivity index (χ0) is 34.0. The fraction of sp³-hybridized carbons (Fsp3) is 0.432. The van der Waals surface area contributed by atoms with Crippen LogP contribution in [0.4, 0.5) is 0 Å². The second kappa shape index (κ2) is 16.5. The minimum absolute atomic E-state index is 0.173. The van der Waals surface area contributed by atoms with Crippen molar-refractivity contribution in [1.82, 2.24) is 5.32 Å². The summed E-state index contributed by atoms with van der Waals surface area (Å²) >= 11 is 0. The Morgan fingerprint density at radius 3 is 2.28 bits per heavy atom. The number of nitrogens with one attached hydrogen (secondary N) is 1. The third kappa shape index (κ3) is 8.97. The van der Waals surface area contributed by atoms with Crippen molar-refractivity contribution in [1.29, 1.82) is 0 Å². The molecule has 0 bridgehead atoms. The van der Waals surface area contributed by atoms with Crippen LogP contribution in [-0.4, -0.2) is 68.8 Å². The molecule has 1 aliphatic rings. The molecule has 4 rings (SSSR count). The molecular weight excluding hydrogens is 602 g/mol. The number of carbonyl (C=O) groups excluding carboxylic acids is 3. The summed E-state index contributed by atoms with van der Waals surface area (Å²) in [5.74, 6) is -1.17. The molecule has 47 heavy (non-hydrogen) atoms. The standard InChI is InChI=1S/C37H45NO9/c1-7-32-25(3)34(44-26(4)39)37(47-27(5)40,23-43-19-18-42-22-28-12-9-8-10-13-28)36(45-32)46-33-17-16-30(20-24(33)2)29-14-11-15-31(21-29)35(41)38-6/h8-17,20-21,25,32,34,36H,7,18-19,22-23H2,1-6H3,(H,38,41)/t25-,32-,34+,36-,37+/m1/s1. The summed E-state index contributed by atoms with van der Waals surface area (Å²) in [7, 11) is 1.59. The van der Waals surface area contributed by atoms with Crippen LogP contribution in [0.25, 0.3) is 11.1 Å². The molecule has 1 amide bonds. The average molecular weight is 648 g/mol. The van der Waals surface area contributed by atoms with Crippen LogP contribution in [-0.2, 0) is 39.9 Å². The predicted octanol–water partition coefficient (Wildman–Crippen LogP) is 5.64. The van der Waals surface area contributed by atoms with Gasteiger partial charge in [-0.1, -0.05) is 62.4 Å². The third-order valence-electron chi connectivity index (χ3n) is 8.18. The minimum atomic E-state index is -1.63. The Morgan fingerprint density at radius 1 is 0.894 bits per heavy atom. The highest BCUT2D eigenvalue weighted by atomic mass is 16.7. The maximum Gasteiger partial charge on any atom is 0.303 e. The molecule has 1 fully saturated rings. The van der Waals surface area contributed by atoms with E-state index in [1.54, 1.807) is 19.2 Å². The van der Waals surface area contributed by atoms with E-state index in [1.165, 1.54) is 13.8 Å². The number of esters is 2. The number of carbonyl (C=O) groups is 3. The van der Waals surface area contributed by atoms with Crippen molar-refractivity contribution in [2.75, 3.05) is 26.9 Å². The molecule has 1 heterocycles. The molecule has 3 aromatic rings. The van der Waals surface area contributed by atoms with Crippen molar-refractivity contribution in [2.24, 2.45) is 5.92 Å². The third-order valence-corrected chi connectivity index (χ3v) is 8.18. The Hall–Kier alpha value is -4.25. The van der Waals surface area contributed by atoms with Crippen LogP contribution < -0.4 is 10.1 Å². The molecule has 252 valence electrons. The van der Waals surface area contributed by atoms with Gasteiger partial charge in [0.05, 0.1) is 32.5 Å². The van der Waals surface area contributed by atoms with Crippen molar-refractivity contribution >= 4 is 17.8 Å². The van der Waals surface area contributed by atoms with Gasteiger partial charge < -0.3 is 33.7 Å². The van der Waals surface area contributed by atoms with Gasteiger partial charge in [-0.3, -0.25) is 14.4 Å². The summed E-state index contributed by atoms with van der Waals surface area (Å²) in [4.78, 5) is 37.3. The van der Waals surface area contributed by atoms with E-state index >= 15 is 0 Å². The molecule has 5 atom stereocenters. The van der Waals surface area contributed by atoms with Gasteiger partial charge in [-0.05, 0) is 59.9 Å². The first-order chi connectivity index (χ1) is 22.6. The predicted molar refractivity (Wildman–Crippen MR) is 176 cm³/mol. The Kier molecular flexibility index (Phi) is 12.5. The van der Waals surface area contributed by atoms with Gasteiger partial charge in [0.1, 0.15) is 5.75 Å². The summed E-state index contributed by atoms with van der Waals surface area (Å²) in [6, 6.07) is 22.7. The highest BCUT2D eigenvalue weighted by Gasteiger charge is 2.61. The first-order valence-electron chi connectivity index (χ1n) is 15.9. The number of aryl methyl sites for hydroxylation is 1. The van der Waals surface area contributed by atoms with Crippen LogP contribution in [0.5, 0.6) is 5.75 Å². The first-order valence-corrected chi connectivity index (χ1v) is 15.9. The highest BCUT2D eigenvalue weighted by molar-refractivity contribution is 5.95. The quantitative estimate of drug-likeness (QED) is 0.175. The zero-order valence-electron chi connectivity index (χ0n) is 27.9. The lowest BCUT2D eigenvalue weighted by molar-refractivity contribution is -0.321. The SMILES string of the molecule is CC[C@H]1O[C@H](Oc2ccc(-c3cccc(C(=O)NC)c3)cc2C)[C@@](COCCOCc2ccccc2)(OC(C)=O)[C@@H](OC(C)=O)[C@@H]1C. The summed E-state index contributed by atoms with van der Waals surface area (Å²) < 4.78 is 36.8. The fourth-order valence-corrected chi connectivity index (χ4v) is 5.88. The van der Waals surface area contributed by atoms with Gasteiger partial charge in [-0.25, -0.2) is 0 Å². The molecule has 0 aliphatic carbocycles. The monoisotopic (exact) mass is 647 g/mol. The van der Waals surface area contributed by atoms with E-state index in [2.05, 4.69) is 5.32 Å². The summed E-state index contributed by atoms with van der Waals surface area (Å²) in [5.41, 5.74) is 2.47. The highest BCUT2D eigenvalue weighted by Crippen LogP contribution is 2.42. The fourth-order valence-electron chi connectivity index (χ4n) is 5.88. The molecule has 0 radical (unpaired) electrons. The number of rotatable bonds is 14. The second-order valence-corrected chi connectivity index (χ2v) is 11.7. The molecule has 1 saturated heterocycles. The van der Waals surface area contributed by atoms with Crippen LogP contribution in [0.2, 0.25) is 0 Å².